The summed E-state index contributed by atoms with van der Waals surface area (Å²) in [7, 11) is -0.513. The molecule has 0 radical (unpaired) electrons. The molecular weight excluding hydrogens is 162 g/mol. The van der Waals surface area contributed by atoms with Crippen LogP contribution in [-0.4, -0.2) is 27.2 Å². The second-order valence-electron chi connectivity index (χ2n) is 3.20. The Balaban J connectivity index is 3.99. The van der Waals surface area contributed by atoms with Crippen LogP contribution in [0, 0.1) is 0 Å². The molecule has 5 heteroatoms. The van der Waals surface area contributed by atoms with Gasteiger partial charge in [0.1, 0.15) is 8.24 Å². The van der Waals surface area contributed by atoms with Crippen LogP contribution in [0.3, 0.4) is 0 Å². The van der Waals surface area contributed by atoms with E-state index >= 15 is 0 Å². The van der Waals surface area contributed by atoms with Gasteiger partial charge in [0.25, 0.3) is 0 Å². The largest absolute Gasteiger partial charge is 0.462 e. The van der Waals surface area contributed by atoms with Gasteiger partial charge in [-0.25, -0.2) is 4.79 Å². The molecule has 0 fully saturated rings. The van der Waals surface area contributed by atoms with Crippen molar-refractivity contribution >= 4 is 20.1 Å². The van der Waals surface area contributed by atoms with E-state index in [-0.39, 0.29) is 0 Å². The first-order valence-electron chi connectivity index (χ1n) is 3.27. The van der Waals surface area contributed by atoms with E-state index < -0.39 is 20.1 Å². The van der Waals surface area contributed by atoms with Crippen LogP contribution in [0.25, 0.3) is 0 Å². The molecule has 0 bridgehead atoms. The highest BCUT2D eigenvalue weighted by Crippen LogP contribution is 1.93. The fraction of sp³-hybridized carbons (Fsp3) is 0.667. The zero-order valence-corrected chi connectivity index (χ0v) is 8.22. The molecule has 0 saturated heterocycles. The molecule has 1 amide bonds. The van der Waals surface area contributed by atoms with Gasteiger partial charge in [0.05, 0.1) is 7.11 Å². The first-order chi connectivity index (χ1) is 4.87. The third kappa shape index (κ3) is 4.55. The minimum absolute atomic E-state index is 0.647. The highest BCUT2D eigenvalue weighted by atomic mass is 28.3. The molecule has 0 atom stereocenters. The number of methoxy groups -OCH3 is 1. The topological polar surface area (TPSA) is 55.4 Å². The second-order valence-corrected chi connectivity index (χ2v) is 7.95. The Labute approximate surface area is 67.0 Å². The van der Waals surface area contributed by atoms with Gasteiger partial charge in [0.15, 0.2) is 0 Å². The van der Waals surface area contributed by atoms with E-state index in [0.717, 1.165) is 0 Å². The smallest absolute Gasteiger partial charge is 0.395 e. The van der Waals surface area contributed by atoms with Crippen molar-refractivity contribution in [2.45, 2.75) is 19.6 Å². The molecule has 11 heavy (non-hydrogen) atoms. The summed E-state index contributed by atoms with van der Waals surface area (Å²) in [4.78, 5) is 24.0. The van der Waals surface area contributed by atoms with Crippen molar-refractivity contribution < 1.29 is 14.3 Å². The van der Waals surface area contributed by atoms with E-state index in [4.69, 9.17) is 0 Å². The third-order valence-electron chi connectivity index (χ3n) is 0.859. The van der Waals surface area contributed by atoms with Crippen molar-refractivity contribution in [2.75, 3.05) is 7.11 Å². The number of carbonyl (C=O) groups is 2. The van der Waals surface area contributed by atoms with E-state index in [0.29, 0.717) is 0 Å². The second kappa shape index (κ2) is 3.52. The maximum Gasteiger partial charge on any atom is 0.395 e. The predicted octanol–water partition coefficient (Wildman–Crippen LogP) is 0.110. The number of esters is 1. The van der Waals surface area contributed by atoms with Gasteiger partial charge in [-0.15, -0.1) is 0 Å². The number of nitrogens with one attached hydrogen (secondary N) is 1. The summed E-state index contributed by atoms with van der Waals surface area (Å²) in [6.45, 7) is 5.77. The van der Waals surface area contributed by atoms with Crippen molar-refractivity contribution in [3.63, 3.8) is 0 Å². The van der Waals surface area contributed by atoms with Crippen LogP contribution < -0.4 is 4.98 Å². The molecule has 0 aromatic heterocycles. The average molecular weight is 175 g/mol. The molecule has 0 aliphatic rings. The molecule has 0 spiro atoms. The van der Waals surface area contributed by atoms with Crippen molar-refractivity contribution in [1.82, 2.24) is 4.98 Å². The number of carbonyl (C=O) groups excluding carboxylic acids is 2. The molecule has 0 heterocycles. The average Bonchev–Trinajstić information content (AvgIpc) is 1.82. The predicted molar refractivity (Wildman–Crippen MR) is 43.5 cm³/mol. The Morgan fingerprint density at radius 1 is 1.27 bits per heavy atom. The summed E-state index contributed by atoms with van der Waals surface area (Å²) in [6, 6.07) is 0. The normalized spacial score (nSPS) is 10.5. The Kier molecular flexibility index (Phi) is 3.25. The summed E-state index contributed by atoms with van der Waals surface area (Å²) < 4.78 is 4.23. The van der Waals surface area contributed by atoms with Gasteiger partial charge in [-0.2, -0.15) is 0 Å². The zero-order valence-electron chi connectivity index (χ0n) is 7.22. The van der Waals surface area contributed by atoms with E-state index in [1.54, 1.807) is 0 Å². The number of ether oxygens (including phenoxy) is 1. The number of amides is 1. The molecule has 4 nitrogen and oxygen atoms in total. The van der Waals surface area contributed by atoms with Crippen molar-refractivity contribution in [2.24, 2.45) is 0 Å². The van der Waals surface area contributed by atoms with Gasteiger partial charge < -0.3 is 9.72 Å². The first-order valence-corrected chi connectivity index (χ1v) is 6.77. The van der Waals surface area contributed by atoms with Crippen LogP contribution in [0.2, 0.25) is 19.6 Å². The molecule has 0 aromatic rings. The van der Waals surface area contributed by atoms with Crippen molar-refractivity contribution in [3.05, 3.63) is 0 Å². The van der Waals surface area contributed by atoms with Crippen LogP contribution in [0.4, 0.5) is 0 Å². The SMILES string of the molecule is COC(=O)C(=O)N[Si](C)(C)C. The minimum Gasteiger partial charge on any atom is -0.462 e. The Morgan fingerprint density at radius 3 is 2.00 bits per heavy atom. The van der Waals surface area contributed by atoms with E-state index in [9.17, 15) is 9.59 Å². The number of rotatable bonds is 1. The third-order valence-corrected chi connectivity index (χ3v) is 1.84. The molecule has 0 saturated carbocycles. The molecule has 0 aromatic carbocycles. The summed E-state index contributed by atoms with van der Waals surface area (Å²) in [5.74, 6) is -1.47. The van der Waals surface area contributed by atoms with E-state index in [2.05, 4.69) is 9.72 Å². The summed E-state index contributed by atoms with van der Waals surface area (Å²) in [6.07, 6.45) is 0. The quantitative estimate of drug-likeness (QED) is 0.349. The van der Waals surface area contributed by atoms with Crippen molar-refractivity contribution in [1.29, 1.82) is 0 Å². The van der Waals surface area contributed by atoms with Crippen molar-refractivity contribution in [3.8, 4) is 0 Å². The minimum atomic E-state index is -1.70. The fourth-order valence-electron chi connectivity index (χ4n) is 0.484. The van der Waals surface area contributed by atoms with Gasteiger partial charge in [-0.1, -0.05) is 19.6 Å². The first kappa shape index (κ1) is 10.2. The maximum absolute atomic E-state index is 10.8. The summed E-state index contributed by atoms with van der Waals surface area (Å²) in [5, 5.41) is 0. The Morgan fingerprint density at radius 2 is 1.73 bits per heavy atom. The molecule has 0 aliphatic carbocycles. The number of hydrogen-bond acceptors (Lipinski definition) is 3. The highest BCUT2D eigenvalue weighted by molar-refractivity contribution is 6.77. The standard InChI is InChI=1S/C6H13NO3Si/c1-10-6(9)5(8)7-11(2,3)4/h1-4H3,(H,7,8). The van der Waals surface area contributed by atoms with Crippen LogP contribution >= 0.6 is 0 Å². The lowest BCUT2D eigenvalue weighted by Gasteiger charge is -2.16. The van der Waals surface area contributed by atoms with E-state index in [1.165, 1.54) is 7.11 Å². The molecular formula is C6H13NO3Si. The fourth-order valence-corrected chi connectivity index (χ4v) is 1.27. The van der Waals surface area contributed by atoms with Crippen LogP contribution in [0.15, 0.2) is 0 Å². The summed E-state index contributed by atoms with van der Waals surface area (Å²) >= 11 is 0. The van der Waals surface area contributed by atoms with Crippen LogP contribution in [-0.2, 0) is 14.3 Å². The van der Waals surface area contributed by atoms with Gasteiger partial charge in [-0.05, 0) is 0 Å². The lowest BCUT2D eigenvalue weighted by atomic mass is 10.7. The molecule has 1 N–H and O–H groups in total. The van der Waals surface area contributed by atoms with Crippen LogP contribution in [0.5, 0.6) is 0 Å². The highest BCUT2D eigenvalue weighted by Gasteiger charge is 2.21. The summed E-state index contributed by atoms with van der Waals surface area (Å²) in [5.41, 5.74) is 0. The zero-order chi connectivity index (χ0) is 9.07. The molecule has 0 unspecified atom stereocenters. The monoisotopic (exact) mass is 175 g/mol. The Hall–Kier alpha value is -0.843. The molecule has 0 aliphatic heterocycles. The van der Waals surface area contributed by atoms with Crippen LogP contribution in [0.1, 0.15) is 0 Å². The number of hydrogen-bond donors (Lipinski definition) is 1. The van der Waals surface area contributed by atoms with Gasteiger partial charge in [-0.3, -0.25) is 4.79 Å². The Bertz CT molecular complexity index is 173. The van der Waals surface area contributed by atoms with Gasteiger partial charge in [0.2, 0.25) is 0 Å². The molecule has 64 valence electrons. The lowest BCUT2D eigenvalue weighted by Crippen LogP contribution is -2.48. The lowest BCUT2D eigenvalue weighted by molar-refractivity contribution is -0.151. The van der Waals surface area contributed by atoms with Gasteiger partial charge >= 0.3 is 11.9 Å². The van der Waals surface area contributed by atoms with E-state index in [1.807, 2.05) is 19.6 Å². The maximum atomic E-state index is 10.8. The van der Waals surface area contributed by atoms with Gasteiger partial charge in [0, 0.05) is 0 Å². The molecule has 0 rings (SSSR count).